The van der Waals surface area contributed by atoms with Gasteiger partial charge < -0.3 is 20.5 Å². The highest BCUT2D eigenvalue weighted by atomic mass is 16.5. The number of hydrogen-bond donors (Lipinski definition) is 2. The zero-order valence-electron chi connectivity index (χ0n) is 11.5. The van der Waals surface area contributed by atoms with Gasteiger partial charge in [-0.25, -0.2) is 0 Å². The average Bonchev–Trinajstić information content (AvgIpc) is 2.40. The Bertz CT molecular complexity index is 253. The van der Waals surface area contributed by atoms with Crippen LogP contribution < -0.4 is 11.1 Å². The average molecular weight is 258 g/mol. The van der Waals surface area contributed by atoms with Crippen LogP contribution in [0.5, 0.6) is 0 Å². The molecular formula is C13H26N2O3. The quantitative estimate of drug-likeness (QED) is 0.663. The summed E-state index contributed by atoms with van der Waals surface area (Å²) in [4.78, 5) is 11.8. The normalized spacial score (nSPS) is 20.4. The van der Waals surface area contributed by atoms with Gasteiger partial charge in [0, 0.05) is 39.1 Å². The number of ether oxygens (including phenoxy) is 2. The number of nitrogens with two attached hydrogens (primary N) is 1. The van der Waals surface area contributed by atoms with E-state index in [0.717, 1.165) is 25.7 Å². The van der Waals surface area contributed by atoms with E-state index in [9.17, 15) is 4.79 Å². The molecule has 1 saturated heterocycles. The van der Waals surface area contributed by atoms with Crippen LogP contribution in [-0.4, -0.2) is 43.9 Å². The molecule has 1 atom stereocenters. The van der Waals surface area contributed by atoms with E-state index in [4.69, 9.17) is 15.2 Å². The lowest BCUT2D eigenvalue weighted by atomic mass is 9.94. The molecule has 0 aromatic heterocycles. The Kier molecular flexibility index (Phi) is 6.60. The highest BCUT2D eigenvalue weighted by molar-refractivity contribution is 5.80. The van der Waals surface area contributed by atoms with E-state index in [0.29, 0.717) is 26.3 Å². The third kappa shape index (κ3) is 4.55. The molecule has 18 heavy (non-hydrogen) atoms. The van der Waals surface area contributed by atoms with Gasteiger partial charge in [-0.05, 0) is 13.3 Å². The van der Waals surface area contributed by atoms with Crippen LogP contribution in [-0.2, 0) is 14.3 Å². The van der Waals surface area contributed by atoms with E-state index in [1.807, 2.05) is 0 Å². The molecule has 5 heteroatoms. The molecule has 1 heterocycles. The number of carbonyl (C=O) groups is 1. The number of carbonyl (C=O) groups excluding carboxylic acids is 1. The van der Waals surface area contributed by atoms with Gasteiger partial charge in [-0.1, -0.05) is 13.3 Å². The molecule has 0 bridgehead atoms. The lowest BCUT2D eigenvalue weighted by Crippen LogP contribution is -2.50. The fourth-order valence-corrected chi connectivity index (χ4v) is 2.07. The lowest BCUT2D eigenvalue weighted by Gasteiger charge is -2.37. The summed E-state index contributed by atoms with van der Waals surface area (Å²) < 4.78 is 11.2. The van der Waals surface area contributed by atoms with Crippen molar-refractivity contribution in [2.45, 2.75) is 51.2 Å². The Balaban J connectivity index is 2.40. The molecule has 0 spiro atoms. The summed E-state index contributed by atoms with van der Waals surface area (Å²) in [5.41, 5.74) is 5.41. The molecule has 3 N–H and O–H groups in total. The summed E-state index contributed by atoms with van der Waals surface area (Å²) in [6.07, 6.45) is 3.13. The molecular weight excluding hydrogens is 232 g/mol. The molecule has 1 rings (SSSR count). The first-order valence-electron chi connectivity index (χ1n) is 6.87. The second-order valence-corrected chi connectivity index (χ2v) is 4.90. The summed E-state index contributed by atoms with van der Waals surface area (Å²) in [5.74, 6) is -0.0530. The number of unbranched alkanes of at least 4 members (excludes halogenated alkanes) is 1. The van der Waals surface area contributed by atoms with Crippen molar-refractivity contribution in [1.29, 1.82) is 0 Å². The van der Waals surface area contributed by atoms with Crippen LogP contribution in [0.2, 0.25) is 0 Å². The molecule has 1 unspecified atom stereocenters. The van der Waals surface area contributed by atoms with Gasteiger partial charge >= 0.3 is 0 Å². The zero-order valence-corrected chi connectivity index (χ0v) is 11.5. The third-order valence-electron chi connectivity index (χ3n) is 3.40. The highest BCUT2D eigenvalue weighted by Gasteiger charge is 2.35. The molecule has 0 aliphatic carbocycles. The van der Waals surface area contributed by atoms with Crippen molar-refractivity contribution in [3.63, 3.8) is 0 Å². The predicted octanol–water partition coefficient (Wildman–Crippen LogP) is 0.816. The van der Waals surface area contributed by atoms with Crippen molar-refractivity contribution in [3.8, 4) is 0 Å². The molecule has 1 amide bonds. The Hall–Kier alpha value is -0.650. The molecule has 0 aromatic carbocycles. The standard InChI is InChI=1S/C13H26N2O3/c1-3-4-7-15-12(16)11(2)18-13(10-14)5-8-17-9-6-13/h11H,3-10,14H2,1-2H3,(H,15,16). The molecule has 0 aromatic rings. The maximum absolute atomic E-state index is 11.8. The van der Waals surface area contributed by atoms with Crippen LogP contribution in [0.25, 0.3) is 0 Å². The minimum absolute atomic E-state index is 0.0530. The van der Waals surface area contributed by atoms with Gasteiger partial charge in [0.05, 0.1) is 5.60 Å². The number of hydrogen-bond acceptors (Lipinski definition) is 4. The Morgan fingerprint density at radius 3 is 2.72 bits per heavy atom. The van der Waals surface area contributed by atoms with Gasteiger partial charge in [0.2, 0.25) is 5.91 Å². The molecule has 5 nitrogen and oxygen atoms in total. The van der Waals surface area contributed by atoms with Crippen molar-refractivity contribution in [2.75, 3.05) is 26.3 Å². The minimum atomic E-state index is -0.455. The van der Waals surface area contributed by atoms with E-state index < -0.39 is 6.10 Å². The van der Waals surface area contributed by atoms with Crippen LogP contribution in [0.1, 0.15) is 39.5 Å². The second-order valence-electron chi connectivity index (χ2n) is 4.90. The van der Waals surface area contributed by atoms with E-state index in [1.54, 1.807) is 6.92 Å². The maximum Gasteiger partial charge on any atom is 0.248 e. The molecule has 0 radical (unpaired) electrons. The van der Waals surface area contributed by atoms with Crippen molar-refractivity contribution in [1.82, 2.24) is 5.32 Å². The topological polar surface area (TPSA) is 73.6 Å². The molecule has 1 aliphatic heterocycles. The van der Waals surface area contributed by atoms with E-state index in [-0.39, 0.29) is 11.5 Å². The summed E-state index contributed by atoms with van der Waals surface area (Å²) in [7, 11) is 0. The van der Waals surface area contributed by atoms with Crippen LogP contribution in [0.3, 0.4) is 0 Å². The Morgan fingerprint density at radius 1 is 1.50 bits per heavy atom. The molecule has 106 valence electrons. The first-order valence-corrected chi connectivity index (χ1v) is 6.87. The minimum Gasteiger partial charge on any atom is -0.381 e. The SMILES string of the molecule is CCCCNC(=O)C(C)OC1(CN)CCOCC1. The van der Waals surface area contributed by atoms with Crippen molar-refractivity contribution in [3.05, 3.63) is 0 Å². The van der Waals surface area contributed by atoms with Crippen molar-refractivity contribution >= 4 is 5.91 Å². The summed E-state index contributed by atoms with van der Waals surface area (Å²) in [6.45, 7) is 6.33. The van der Waals surface area contributed by atoms with Gasteiger partial charge in [0.15, 0.2) is 0 Å². The second kappa shape index (κ2) is 7.71. The van der Waals surface area contributed by atoms with Gasteiger partial charge in [-0.2, -0.15) is 0 Å². The first kappa shape index (κ1) is 15.4. The van der Waals surface area contributed by atoms with Crippen LogP contribution in [0.4, 0.5) is 0 Å². The summed E-state index contributed by atoms with van der Waals surface area (Å²) in [6, 6.07) is 0. The van der Waals surface area contributed by atoms with Crippen molar-refractivity contribution < 1.29 is 14.3 Å². The smallest absolute Gasteiger partial charge is 0.248 e. The zero-order chi connectivity index (χ0) is 13.4. The maximum atomic E-state index is 11.8. The first-order chi connectivity index (χ1) is 8.63. The lowest BCUT2D eigenvalue weighted by molar-refractivity contribution is -0.158. The number of amides is 1. The fourth-order valence-electron chi connectivity index (χ4n) is 2.07. The highest BCUT2D eigenvalue weighted by Crippen LogP contribution is 2.25. The van der Waals surface area contributed by atoms with E-state index in [2.05, 4.69) is 12.2 Å². The van der Waals surface area contributed by atoms with Crippen molar-refractivity contribution in [2.24, 2.45) is 5.73 Å². The van der Waals surface area contributed by atoms with Crippen LogP contribution in [0, 0.1) is 0 Å². The largest absolute Gasteiger partial charge is 0.381 e. The monoisotopic (exact) mass is 258 g/mol. The summed E-state index contributed by atoms with van der Waals surface area (Å²) >= 11 is 0. The van der Waals surface area contributed by atoms with Gasteiger partial charge in [-0.3, -0.25) is 4.79 Å². The predicted molar refractivity (Wildman–Crippen MR) is 70.3 cm³/mol. The molecule has 1 aliphatic rings. The number of nitrogens with one attached hydrogen (secondary N) is 1. The van der Waals surface area contributed by atoms with Crippen LogP contribution in [0.15, 0.2) is 0 Å². The van der Waals surface area contributed by atoms with Gasteiger partial charge in [0.25, 0.3) is 0 Å². The fraction of sp³-hybridized carbons (Fsp3) is 0.923. The third-order valence-corrected chi connectivity index (χ3v) is 3.40. The Morgan fingerprint density at radius 2 is 2.17 bits per heavy atom. The van der Waals surface area contributed by atoms with Gasteiger partial charge in [0.1, 0.15) is 6.10 Å². The molecule has 1 fully saturated rings. The van der Waals surface area contributed by atoms with E-state index in [1.165, 1.54) is 0 Å². The number of rotatable bonds is 7. The van der Waals surface area contributed by atoms with Crippen LogP contribution >= 0.6 is 0 Å². The van der Waals surface area contributed by atoms with E-state index >= 15 is 0 Å². The summed E-state index contributed by atoms with van der Waals surface area (Å²) in [5, 5.41) is 2.88. The molecule has 0 saturated carbocycles. The van der Waals surface area contributed by atoms with Gasteiger partial charge in [-0.15, -0.1) is 0 Å². The Labute approximate surface area is 109 Å².